The van der Waals surface area contributed by atoms with Gasteiger partial charge in [0.1, 0.15) is 17.9 Å². The molecule has 154 valence electrons. The van der Waals surface area contributed by atoms with Gasteiger partial charge < -0.3 is 24.7 Å². The van der Waals surface area contributed by atoms with Crippen molar-refractivity contribution < 1.29 is 9.47 Å². The van der Waals surface area contributed by atoms with Gasteiger partial charge in [0.15, 0.2) is 5.96 Å². The third-order valence-corrected chi connectivity index (χ3v) is 4.31. The number of para-hydroxylation sites is 1. The zero-order valence-electron chi connectivity index (χ0n) is 17.1. The normalized spacial score (nSPS) is 11.5. The lowest BCUT2D eigenvalue weighted by Gasteiger charge is -2.14. The molecular formula is C20H32N6O2. The quantitative estimate of drug-likeness (QED) is 0.327. The van der Waals surface area contributed by atoms with Crippen LogP contribution in [0.3, 0.4) is 0 Å². The standard InChI is InChI=1S/C20H32N6O2/c1-4-19-25-24-16-26(19)14-13-23-20(21-11-7-15-27-2)22-12-10-17-8-5-6-9-18(17)28-3/h5-6,8-9,16H,4,7,10-15H2,1-3H3,(H2,21,22,23). The number of guanidine groups is 1. The van der Waals surface area contributed by atoms with Crippen molar-refractivity contribution in [1.29, 1.82) is 0 Å². The number of hydrogen-bond acceptors (Lipinski definition) is 5. The Kier molecular flexibility index (Phi) is 9.85. The second kappa shape index (κ2) is 12.7. The summed E-state index contributed by atoms with van der Waals surface area (Å²) < 4.78 is 12.6. The third kappa shape index (κ3) is 7.19. The number of ether oxygens (including phenoxy) is 2. The molecule has 0 atom stereocenters. The van der Waals surface area contributed by atoms with Gasteiger partial charge in [-0.15, -0.1) is 10.2 Å². The predicted octanol–water partition coefficient (Wildman–Crippen LogP) is 1.66. The Labute approximate surface area is 167 Å². The van der Waals surface area contributed by atoms with Crippen LogP contribution in [0.5, 0.6) is 5.75 Å². The largest absolute Gasteiger partial charge is 0.496 e. The first-order chi connectivity index (χ1) is 13.8. The summed E-state index contributed by atoms with van der Waals surface area (Å²) in [6.45, 7) is 5.81. The highest BCUT2D eigenvalue weighted by Gasteiger charge is 2.05. The summed E-state index contributed by atoms with van der Waals surface area (Å²) in [5.41, 5.74) is 1.17. The SMILES string of the molecule is CCc1nncn1CCNC(=NCCCOC)NCCc1ccccc1OC. The van der Waals surface area contributed by atoms with E-state index >= 15 is 0 Å². The number of benzene rings is 1. The van der Waals surface area contributed by atoms with Crippen LogP contribution in [0, 0.1) is 0 Å². The fourth-order valence-electron chi connectivity index (χ4n) is 2.83. The van der Waals surface area contributed by atoms with Crippen LogP contribution >= 0.6 is 0 Å². The molecule has 1 heterocycles. The first-order valence-electron chi connectivity index (χ1n) is 9.78. The molecule has 0 aliphatic rings. The Morgan fingerprint density at radius 2 is 2.00 bits per heavy atom. The average molecular weight is 389 g/mol. The van der Waals surface area contributed by atoms with Crippen molar-refractivity contribution >= 4 is 5.96 Å². The highest BCUT2D eigenvalue weighted by atomic mass is 16.5. The second-order valence-electron chi connectivity index (χ2n) is 6.29. The van der Waals surface area contributed by atoms with Crippen LogP contribution in [0.2, 0.25) is 0 Å². The molecule has 0 saturated carbocycles. The lowest BCUT2D eigenvalue weighted by Crippen LogP contribution is -2.40. The van der Waals surface area contributed by atoms with E-state index < -0.39 is 0 Å². The molecule has 0 radical (unpaired) electrons. The lowest BCUT2D eigenvalue weighted by atomic mass is 10.1. The molecule has 0 spiro atoms. The van der Waals surface area contributed by atoms with E-state index in [1.165, 1.54) is 5.56 Å². The number of rotatable bonds is 12. The summed E-state index contributed by atoms with van der Waals surface area (Å²) in [5, 5.41) is 14.9. The Morgan fingerprint density at radius 1 is 1.18 bits per heavy atom. The Balaban J connectivity index is 1.85. The summed E-state index contributed by atoms with van der Waals surface area (Å²) in [5.74, 6) is 2.71. The van der Waals surface area contributed by atoms with E-state index in [9.17, 15) is 0 Å². The smallest absolute Gasteiger partial charge is 0.191 e. The molecule has 0 bridgehead atoms. The average Bonchev–Trinajstić information content (AvgIpc) is 3.18. The zero-order valence-corrected chi connectivity index (χ0v) is 17.1. The number of aryl methyl sites for hydroxylation is 1. The summed E-state index contributed by atoms with van der Waals surface area (Å²) in [4.78, 5) is 4.64. The molecule has 1 aromatic carbocycles. The minimum atomic E-state index is 0.707. The highest BCUT2D eigenvalue weighted by molar-refractivity contribution is 5.79. The molecular weight excluding hydrogens is 356 g/mol. The maximum atomic E-state index is 5.42. The van der Waals surface area contributed by atoms with E-state index in [0.717, 1.165) is 56.4 Å². The Morgan fingerprint density at radius 3 is 2.79 bits per heavy atom. The van der Waals surface area contributed by atoms with Crippen molar-refractivity contribution in [2.45, 2.75) is 32.7 Å². The van der Waals surface area contributed by atoms with Gasteiger partial charge in [-0.1, -0.05) is 25.1 Å². The van der Waals surface area contributed by atoms with E-state index in [0.29, 0.717) is 13.2 Å². The van der Waals surface area contributed by atoms with Gasteiger partial charge in [-0.05, 0) is 24.5 Å². The van der Waals surface area contributed by atoms with Crippen LogP contribution in [0.4, 0.5) is 0 Å². The molecule has 0 amide bonds. The minimum absolute atomic E-state index is 0.707. The fraction of sp³-hybridized carbons (Fsp3) is 0.550. The van der Waals surface area contributed by atoms with Crippen LogP contribution in [0.1, 0.15) is 24.7 Å². The number of nitrogens with zero attached hydrogens (tertiary/aromatic N) is 4. The third-order valence-electron chi connectivity index (χ3n) is 4.31. The molecule has 28 heavy (non-hydrogen) atoms. The van der Waals surface area contributed by atoms with Gasteiger partial charge in [0.2, 0.25) is 0 Å². The molecule has 1 aromatic heterocycles. The van der Waals surface area contributed by atoms with E-state index in [-0.39, 0.29) is 0 Å². The van der Waals surface area contributed by atoms with Gasteiger partial charge in [0.25, 0.3) is 0 Å². The molecule has 0 unspecified atom stereocenters. The first-order valence-corrected chi connectivity index (χ1v) is 9.78. The van der Waals surface area contributed by atoms with Crippen molar-refractivity contribution in [3.05, 3.63) is 42.0 Å². The molecule has 0 fully saturated rings. The van der Waals surface area contributed by atoms with E-state index in [1.54, 1.807) is 20.5 Å². The van der Waals surface area contributed by atoms with Gasteiger partial charge in [0, 0.05) is 46.3 Å². The molecule has 2 N–H and O–H groups in total. The molecule has 2 aromatic rings. The molecule has 0 aliphatic heterocycles. The predicted molar refractivity (Wildman–Crippen MR) is 111 cm³/mol. The maximum Gasteiger partial charge on any atom is 0.191 e. The van der Waals surface area contributed by atoms with Crippen LogP contribution < -0.4 is 15.4 Å². The van der Waals surface area contributed by atoms with Crippen molar-refractivity contribution in [3.8, 4) is 5.75 Å². The molecule has 8 nitrogen and oxygen atoms in total. The summed E-state index contributed by atoms with van der Waals surface area (Å²) in [6.07, 6.45) is 4.38. The van der Waals surface area contributed by atoms with Crippen LogP contribution in [0.25, 0.3) is 0 Å². The summed E-state index contributed by atoms with van der Waals surface area (Å²) >= 11 is 0. The van der Waals surface area contributed by atoms with Crippen LogP contribution in [-0.4, -0.2) is 61.2 Å². The molecule has 0 aliphatic carbocycles. The minimum Gasteiger partial charge on any atom is -0.496 e. The lowest BCUT2D eigenvalue weighted by molar-refractivity contribution is 0.197. The molecule has 8 heteroatoms. The summed E-state index contributed by atoms with van der Waals surface area (Å²) in [6, 6.07) is 8.08. The van der Waals surface area contributed by atoms with Gasteiger partial charge in [-0.3, -0.25) is 4.99 Å². The fourth-order valence-corrected chi connectivity index (χ4v) is 2.83. The first kappa shape index (κ1) is 21.7. The Hall–Kier alpha value is -2.61. The monoisotopic (exact) mass is 388 g/mol. The van der Waals surface area contributed by atoms with Gasteiger partial charge in [-0.2, -0.15) is 0 Å². The summed E-state index contributed by atoms with van der Waals surface area (Å²) in [7, 11) is 3.41. The zero-order chi connectivity index (χ0) is 20.0. The van der Waals surface area contributed by atoms with Gasteiger partial charge in [-0.25, -0.2) is 0 Å². The van der Waals surface area contributed by atoms with Crippen molar-refractivity contribution in [1.82, 2.24) is 25.4 Å². The van der Waals surface area contributed by atoms with Gasteiger partial charge >= 0.3 is 0 Å². The number of methoxy groups -OCH3 is 2. The van der Waals surface area contributed by atoms with E-state index in [2.05, 4.69) is 43.4 Å². The number of nitrogens with one attached hydrogen (secondary N) is 2. The number of aliphatic imine (C=N–C) groups is 1. The van der Waals surface area contributed by atoms with Crippen LogP contribution in [0.15, 0.2) is 35.6 Å². The second-order valence-corrected chi connectivity index (χ2v) is 6.29. The number of hydrogen-bond donors (Lipinski definition) is 2. The van der Waals surface area contributed by atoms with Crippen LogP contribution in [-0.2, 0) is 24.1 Å². The Bertz CT molecular complexity index is 716. The number of aromatic nitrogens is 3. The highest BCUT2D eigenvalue weighted by Crippen LogP contribution is 2.17. The van der Waals surface area contributed by atoms with Crippen molar-refractivity contribution in [3.63, 3.8) is 0 Å². The molecule has 0 saturated heterocycles. The topological polar surface area (TPSA) is 85.6 Å². The van der Waals surface area contributed by atoms with E-state index in [4.69, 9.17) is 9.47 Å². The van der Waals surface area contributed by atoms with E-state index in [1.807, 2.05) is 18.2 Å². The van der Waals surface area contributed by atoms with Gasteiger partial charge in [0.05, 0.1) is 7.11 Å². The maximum absolute atomic E-state index is 5.42. The van der Waals surface area contributed by atoms with Crippen molar-refractivity contribution in [2.24, 2.45) is 4.99 Å². The molecule has 2 rings (SSSR count). The van der Waals surface area contributed by atoms with Crippen molar-refractivity contribution in [2.75, 3.05) is 40.5 Å².